The van der Waals surface area contributed by atoms with Gasteiger partial charge in [-0.3, -0.25) is 9.78 Å². The highest BCUT2D eigenvalue weighted by molar-refractivity contribution is 9.10. The average molecular weight is 555 g/mol. The van der Waals surface area contributed by atoms with Crippen molar-refractivity contribution in [3.63, 3.8) is 0 Å². The molecule has 1 aromatic heterocycles. The van der Waals surface area contributed by atoms with Gasteiger partial charge in [0.2, 0.25) is 0 Å². The number of nitrogens with one attached hydrogen (secondary N) is 1. The molecule has 0 aliphatic carbocycles. The highest BCUT2D eigenvalue weighted by atomic mass is 79.9. The Morgan fingerprint density at radius 3 is 2.39 bits per heavy atom. The molecule has 0 aliphatic rings. The molecule has 1 N–H and O–H groups in total. The van der Waals surface area contributed by atoms with Crippen LogP contribution in [-0.2, 0) is 26.1 Å². The molecule has 182 valence electrons. The van der Waals surface area contributed by atoms with E-state index in [4.69, 9.17) is 4.74 Å². The summed E-state index contributed by atoms with van der Waals surface area (Å²) in [6.45, 7) is 6.69. The summed E-state index contributed by atoms with van der Waals surface area (Å²) < 4.78 is 76.9. The van der Waals surface area contributed by atoms with Crippen LogP contribution in [0.2, 0.25) is 0 Å². The molecule has 1 heterocycles. The zero-order valence-electron chi connectivity index (χ0n) is 18.3. The van der Waals surface area contributed by atoms with Crippen molar-refractivity contribution in [2.45, 2.75) is 50.8 Å². The third-order valence-electron chi connectivity index (χ3n) is 4.35. The first-order chi connectivity index (χ1) is 15.2. The third-order valence-corrected chi connectivity index (χ3v) is 6.64. The maximum Gasteiger partial charge on any atom is 0.573 e. The standard InChI is InChI=1S/C21H23BrF4N2O4S/c1-5-31-17(29)12-20(28-33(30)19(2,3)4,18-14(22)7-6-10-27-18)13-8-9-16(15(23)11-13)32-21(24,25)26/h6-11,28H,5,12H2,1-4H3. The highest BCUT2D eigenvalue weighted by Gasteiger charge is 2.44. The number of halogens is 5. The Labute approximate surface area is 199 Å². The maximum atomic E-state index is 14.7. The summed E-state index contributed by atoms with van der Waals surface area (Å²) in [4.78, 5) is 16.9. The number of alkyl halides is 3. The predicted molar refractivity (Wildman–Crippen MR) is 118 cm³/mol. The molecular weight excluding hydrogens is 532 g/mol. The van der Waals surface area contributed by atoms with Crippen molar-refractivity contribution in [3.05, 3.63) is 58.1 Å². The fraction of sp³-hybridized carbons (Fsp3) is 0.429. The van der Waals surface area contributed by atoms with Crippen LogP contribution in [0.3, 0.4) is 0 Å². The molecule has 1 aromatic carbocycles. The van der Waals surface area contributed by atoms with Crippen LogP contribution in [0.5, 0.6) is 5.75 Å². The van der Waals surface area contributed by atoms with Crippen LogP contribution in [0.4, 0.5) is 17.6 Å². The van der Waals surface area contributed by atoms with Crippen LogP contribution < -0.4 is 9.46 Å². The number of nitrogens with zero attached hydrogens (tertiary/aromatic N) is 1. The monoisotopic (exact) mass is 554 g/mol. The number of benzene rings is 1. The van der Waals surface area contributed by atoms with Gasteiger partial charge in [0, 0.05) is 10.7 Å². The van der Waals surface area contributed by atoms with Crippen molar-refractivity contribution in [1.29, 1.82) is 0 Å². The summed E-state index contributed by atoms with van der Waals surface area (Å²) >= 11 is 3.35. The highest BCUT2D eigenvalue weighted by Crippen LogP contribution is 2.39. The lowest BCUT2D eigenvalue weighted by Gasteiger charge is -2.36. The summed E-state index contributed by atoms with van der Waals surface area (Å²) in [6.07, 6.45) is -4.16. The maximum absolute atomic E-state index is 14.7. The lowest BCUT2D eigenvalue weighted by molar-refractivity contribution is -0.275. The van der Waals surface area contributed by atoms with Crippen molar-refractivity contribution in [2.24, 2.45) is 0 Å². The van der Waals surface area contributed by atoms with E-state index in [-0.39, 0.29) is 17.9 Å². The Balaban J connectivity index is 2.78. The minimum atomic E-state index is -5.10. The number of aromatic nitrogens is 1. The van der Waals surface area contributed by atoms with Crippen LogP contribution in [0, 0.1) is 5.82 Å². The first-order valence-electron chi connectivity index (χ1n) is 9.71. The Hall–Kier alpha value is -2.05. The van der Waals surface area contributed by atoms with Gasteiger partial charge in [0.25, 0.3) is 0 Å². The van der Waals surface area contributed by atoms with Gasteiger partial charge in [0.1, 0.15) is 5.54 Å². The zero-order chi connectivity index (χ0) is 25.0. The molecule has 2 unspecified atom stereocenters. The number of pyridine rings is 1. The van der Waals surface area contributed by atoms with E-state index in [0.29, 0.717) is 4.47 Å². The lowest BCUT2D eigenvalue weighted by Crippen LogP contribution is -2.51. The molecule has 0 spiro atoms. The number of ether oxygens (including phenoxy) is 2. The molecule has 2 rings (SSSR count). The Bertz CT molecular complexity index is 1030. The molecule has 33 heavy (non-hydrogen) atoms. The van der Waals surface area contributed by atoms with Crippen LogP contribution in [0.15, 0.2) is 41.0 Å². The smallest absolute Gasteiger partial charge is 0.466 e. The summed E-state index contributed by atoms with van der Waals surface area (Å²) in [7, 11) is -1.82. The summed E-state index contributed by atoms with van der Waals surface area (Å²) in [5.41, 5.74) is -1.55. The second-order valence-corrected chi connectivity index (χ2v) is 10.7. The topological polar surface area (TPSA) is 77.5 Å². The molecule has 0 bridgehead atoms. The van der Waals surface area contributed by atoms with E-state index in [9.17, 15) is 26.6 Å². The number of esters is 1. The molecule has 6 nitrogen and oxygen atoms in total. The van der Waals surface area contributed by atoms with Crippen molar-refractivity contribution >= 4 is 32.9 Å². The van der Waals surface area contributed by atoms with Gasteiger partial charge in [-0.15, -0.1) is 13.2 Å². The second-order valence-electron chi connectivity index (χ2n) is 7.90. The van der Waals surface area contributed by atoms with Crippen LogP contribution in [-0.4, -0.2) is 32.9 Å². The molecule has 12 heteroatoms. The largest absolute Gasteiger partial charge is 0.573 e. The minimum absolute atomic E-state index is 0.000391. The zero-order valence-corrected chi connectivity index (χ0v) is 20.7. The normalized spacial score (nSPS) is 14.9. The van der Waals surface area contributed by atoms with E-state index in [1.807, 2.05) is 0 Å². The molecule has 0 saturated heterocycles. The lowest BCUT2D eigenvalue weighted by atomic mass is 9.84. The molecular formula is C21H23BrF4N2O4S. The van der Waals surface area contributed by atoms with Gasteiger partial charge < -0.3 is 9.47 Å². The van der Waals surface area contributed by atoms with Crippen LogP contribution in [0.25, 0.3) is 0 Å². The Morgan fingerprint density at radius 2 is 1.88 bits per heavy atom. The summed E-state index contributed by atoms with van der Waals surface area (Å²) in [6, 6.07) is 5.94. The van der Waals surface area contributed by atoms with Gasteiger partial charge in [-0.2, -0.15) is 0 Å². The van der Waals surface area contributed by atoms with Gasteiger partial charge in [-0.25, -0.2) is 13.3 Å². The number of carbonyl (C=O) groups is 1. The van der Waals surface area contributed by atoms with E-state index in [1.165, 1.54) is 6.20 Å². The first-order valence-corrected chi connectivity index (χ1v) is 11.7. The van der Waals surface area contributed by atoms with Gasteiger partial charge in [-0.05, 0) is 73.5 Å². The summed E-state index contributed by atoms with van der Waals surface area (Å²) in [5, 5.41) is 0. The van der Waals surface area contributed by atoms with Crippen molar-refractivity contribution in [3.8, 4) is 5.75 Å². The summed E-state index contributed by atoms with van der Waals surface area (Å²) in [5.74, 6) is -3.09. The third kappa shape index (κ3) is 6.97. The van der Waals surface area contributed by atoms with Crippen LogP contribution in [0.1, 0.15) is 45.4 Å². The fourth-order valence-electron chi connectivity index (χ4n) is 2.88. The van der Waals surface area contributed by atoms with Gasteiger partial charge in [0.15, 0.2) is 11.6 Å². The number of hydrogen-bond donors (Lipinski definition) is 1. The quantitative estimate of drug-likeness (QED) is 0.361. The number of rotatable bonds is 8. The van der Waals surface area contributed by atoms with E-state index in [0.717, 1.165) is 18.2 Å². The molecule has 0 fully saturated rings. The van der Waals surface area contributed by atoms with Crippen molar-refractivity contribution in [1.82, 2.24) is 9.71 Å². The van der Waals surface area contributed by atoms with Gasteiger partial charge in [0.05, 0.1) is 34.5 Å². The molecule has 0 radical (unpaired) electrons. The number of hydrogen-bond acceptors (Lipinski definition) is 5. The van der Waals surface area contributed by atoms with E-state index in [1.54, 1.807) is 39.8 Å². The van der Waals surface area contributed by atoms with E-state index < -0.39 is 51.6 Å². The Kier molecular flexibility index (Phi) is 8.63. The van der Waals surface area contributed by atoms with E-state index in [2.05, 4.69) is 30.4 Å². The minimum Gasteiger partial charge on any atom is -0.466 e. The molecule has 2 aromatic rings. The second kappa shape index (κ2) is 10.5. The average Bonchev–Trinajstić information content (AvgIpc) is 2.67. The number of carbonyl (C=O) groups excluding carboxylic acids is 1. The predicted octanol–water partition coefficient (Wildman–Crippen LogP) is 5.13. The molecule has 0 saturated carbocycles. The van der Waals surface area contributed by atoms with Crippen LogP contribution >= 0.6 is 15.9 Å². The molecule has 2 atom stereocenters. The Morgan fingerprint density at radius 1 is 1.21 bits per heavy atom. The molecule has 0 amide bonds. The van der Waals surface area contributed by atoms with Crippen molar-refractivity contribution < 1.29 is 36.0 Å². The van der Waals surface area contributed by atoms with E-state index >= 15 is 0 Å². The SMILES string of the molecule is CCOC(=O)CC(NS(=O)C(C)(C)C)(c1ccc(OC(F)(F)F)c(F)c1)c1ncccc1Br. The molecule has 0 aliphatic heterocycles. The van der Waals surface area contributed by atoms with Gasteiger partial charge >= 0.3 is 12.3 Å². The first kappa shape index (κ1) is 27.2. The van der Waals surface area contributed by atoms with Crippen molar-refractivity contribution in [2.75, 3.05) is 6.61 Å². The fourth-order valence-corrected chi connectivity index (χ4v) is 4.38. The van der Waals surface area contributed by atoms with Gasteiger partial charge in [-0.1, -0.05) is 6.07 Å².